The molecule has 3 aromatic carbocycles. The molecule has 1 aliphatic rings. The predicted molar refractivity (Wildman–Crippen MR) is 208 cm³/mol. The highest BCUT2D eigenvalue weighted by Crippen LogP contribution is 2.37. The standard InChI is InChI=1S/C43H51NO13/c1-10-34(29-14-12-11-13-15-29)35(30-16-20-32(21-17-30)51-25-24-44(8)42(49)57-43(5,6)7)31-18-22-33(23-19-31)55-41-39(54-28(4)47)37(53-27(3)46)36(52-26(2)45)38(56-41)40(48)50-9/h11-23,36-39,41H,10,24-25H2,1-9H3/b35-34+/t36-,37?,38-,39?,41+/m0/s1. The molecule has 1 heterocycles. The van der Waals surface area contributed by atoms with E-state index in [4.69, 9.17) is 37.9 Å². The number of esters is 4. The number of rotatable bonds is 14. The van der Waals surface area contributed by atoms with Gasteiger partial charge < -0.3 is 42.8 Å². The molecule has 1 fully saturated rings. The molecular formula is C43H51NO13. The van der Waals surface area contributed by atoms with Crippen molar-refractivity contribution in [2.24, 2.45) is 0 Å². The molecule has 0 N–H and O–H groups in total. The maximum atomic E-state index is 12.9. The second-order valence-electron chi connectivity index (χ2n) is 14.2. The number of ether oxygens (including phenoxy) is 8. The summed E-state index contributed by atoms with van der Waals surface area (Å²) in [5, 5.41) is 0. The normalized spacial score (nSPS) is 19.6. The van der Waals surface area contributed by atoms with Gasteiger partial charge in [0.2, 0.25) is 12.4 Å². The molecule has 14 heteroatoms. The number of hydrogen-bond acceptors (Lipinski definition) is 13. The Morgan fingerprint density at radius 1 is 0.702 bits per heavy atom. The van der Waals surface area contributed by atoms with Crippen LogP contribution in [0.15, 0.2) is 78.9 Å². The van der Waals surface area contributed by atoms with Gasteiger partial charge in [0.1, 0.15) is 23.7 Å². The van der Waals surface area contributed by atoms with E-state index < -0.39 is 66.3 Å². The molecule has 0 bridgehead atoms. The number of amides is 1. The quantitative estimate of drug-likeness (QED) is 0.101. The van der Waals surface area contributed by atoms with Gasteiger partial charge in [0.05, 0.1) is 13.7 Å². The van der Waals surface area contributed by atoms with Crippen LogP contribution in [-0.2, 0) is 47.6 Å². The van der Waals surface area contributed by atoms with Crippen LogP contribution in [0.2, 0.25) is 0 Å². The van der Waals surface area contributed by atoms with Gasteiger partial charge in [0.25, 0.3) is 0 Å². The number of likely N-dealkylation sites (N-methyl/N-ethyl adjacent to an activating group) is 1. The molecular weight excluding hydrogens is 738 g/mol. The maximum absolute atomic E-state index is 12.9. The van der Waals surface area contributed by atoms with Gasteiger partial charge in [0, 0.05) is 27.8 Å². The van der Waals surface area contributed by atoms with Gasteiger partial charge in [-0.2, -0.15) is 0 Å². The van der Waals surface area contributed by atoms with E-state index in [-0.39, 0.29) is 12.4 Å². The molecule has 2 unspecified atom stereocenters. The number of allylic oxidation sites excluding steroid dienone is 1. The van der Waals surface area contributed by atoms with Crippen LogP contribution < -0.4 is 9.47 Å². The fraction of sp³-hybridized carbons (Fsp3) is 0.419. The smallest absolute Gasteiger partial charge is 0.410 e. The highest BCUT2D eigenvalue weighted by atomic mass is 16.7. The second-order valence-corrected chi connectivity index (χ2v) is 14.2. The first kappa shape index (κ1) is 43.8. The van der Waals surface area contributed by atoms with E-state index in [2.05, 4.69) is 6.92 Å². The van der Waals surface area contributed by atoms with Crippen LogP contribution in [0.3, 0.4) is 0 Å². The number of methoxy groups -OCH3 is 1. The van der Waals surface area contributed by atoms with Crippen molar-refractivity contribution in [2.75, 3.05) is 27.3 Å². The Kier molecular flexibility index (Phi) is 15.2. The summed E-state index contributed by atoms with van der Waals surface area (Å²) < 4.78 is 44.7. The van der Waals surface area contributed by atoms with E-state index in [0.29, 0.717) is 18.7 Å². The molecule has 0 aromatic heterocycles. The van der Waals surface area contributed by atoms with Crippen LogP contribution >= 0.6 is 0 Å². The Labute approximate surface area is 332 Å². The highest BCUT2D eigenvalue weighted by molar-refractivity contribution is 5.98. The topological polar surface area (TPSA) is 162 Å². The largest absolute Gasteiger partial charge is 0.492 e. The molecule has 306 valence electrons. The third-order valence-corrected chi connectivity index (χ3v) is 8.55. The Balaban J connectivity index is 1.65. The number of nitrogens with zero attached hydrogens (tertiary/aromatic N) is 1. The van der Waals surface area contributed by atoms with Crippen molar-refractivity contribution in [2.45, 2.75) is 91.2 Å². The third kappa shape index (κ3) is 12.3. The lowest BCUT2D eigenvalue weighted by Crippen LogP contribution is -2.64. The average molecular weight is 790 g/mol. The molecule has 1 saturated heterocycles. The fourth-order valence-corrected chi connectivity index (χ4v) is 6.14. The molecule has 1 amide bonds. The summed E-state index contributed by atoms with van der Waals surface area (Å²) in [6, 6.07) is 24.8. The first-order chi connectivity index (χ1) is 27.0. The van der Waals surface area contributed by atoms with E-state index >= 15 is 0 Å². The van der Waals surface area contributed by atoms with Crippen molar-refractivity contribution in [1.82, 2.24) is 4.90 Å². The van der Waals surface area contributed by atoms with Crippen LogP contribution in [-0.4, -0.2) is 98.5 Å². The summed E-state index contributed by atoms with van der Waals surface area (Å²) in [6.07, 6.45) is -7.27. The van der Waals surface area contributed by atoms with Gasteiger partial charge in [-0.1, -0.05) is 61.5 Å². The Bertz CT molecular complexity index is 1880. The Morgan fingerprint density at radius 2 is 1.23 bits per heavy atom. The molecule has 5 atom stereocenters. The maximum Gasteiger partial charge on any atom is 0.410 e. The van der Waals surface area contributed by atoms with Crippen LogP contribution in [0, 0.1) is 0 Å². The van der Waals surface area contributed by atoms with E-state index in [1.54, 1.807) is 19.2 Å². The zero-order valence-corrected chi connectivity index (χ0v) is 33.8. The summed E-state index contributed by atoms with van der Waals surface area (Å²) >= 11 is 0. The summed E-state index contributed by atoms with van der Waals surface area (Å²) in [7, 11) is 2.77. The van der Waals surface area contributed by atoms with Crippen LogP contribution in [0.4, 0.5) is 4.79 Å². The minimum absolute atomic E-state index is 0.259. The number of carbonyl (C=O) groups is 5. The van der Waals surface area contributed by atoms with Crippen molar-refractivity contribution >= 4 is 41.1 Å². The molecule has 57 heavy (non-hydrogen) atoms. The van der Waals surface area contributed by atoms with Gasteiger partial charge >= 0.3 is 30.0 Å². The highest BCUT2D eigenvalue weighted by Gasteiger charge is 2.55. The Morgan fingerprint density at radius 3 is 1.74 bits per heavy atom. The van der Waals surface area contributed by atoms with Crippen LogP contribution in [0.5, 0.6) is 11.5 Å². The van der Waals surface area contributed by atoms with Crippen molar-refractivity contribution in [1.29, 1.82) is 0 Å². The lowest BCUT2D eigenvalue weighted by atomic mass is 9.88. The van der Waals surface area contributed by atoms with Gasteiger partial charge in [-0.15, -0.1) is 0 Å². The van der Waals surface area contributed by atoms with Gasteiger partial charge in [-0.05, 0) is 79.3 Å². The van der Waals surface area contributed by atoms with E-state index in [1.165, 1.54) is 4.90 Å². The molecule has 14 nitrogen and oxygen atoms in total. The van der Waals surface area contributed by atoms with Gasteiger partial charge in [-0.25, -0.2) is 9.59 Å². The number of hydrogen-bond donors (Lipinski definition) is 0. The summed E-state index contributed by atoms with van der Waals surface area (Å²) in [5.74, 6) is -2.42. The first-order valence-electron chi connectivity index (χ1n) is 18.5. The predicted octanol–water partition coefficient (Wildman–Crippen LogP) is 6.37. The third-order valence-electron chi connectivity index (χ3n) is 8.55. The number of carbonyl (C=O) groups excluding carboxylic acids is 5. The zero-order valence-electron chi connectivity index (χ0n) is 33.8. The zero-order chi connectivity index (χ0) is 41.9. The fourth-order valence-electron chi connectivity index (χ4n) is 6.14. The van der Waals surface area contributed by atoms with E-state index in [1.807, 2.05) is 87.5 Å². The molecule has 4 rings (SSSR count). The monoisotopic (exact) mass is 789 g/mol. The summed E-state index contributed by atoms with van der Waals surface area (Å²) in [6.45, 7) is 11.5. The van der Waals surface area contributed by atoms with Gasteiger partial charge in [0.15, 0.2) is 18.3 Å². The average Bonchev–Trinajstić information content (AvgIpc) is 3.15. The minimum Gasteiger partial charge on any atom is -0.492 e. The second kappa shape index (κ2) is 19.8. The summed E-state index contributed by atoms with van der Waals surface area (Å²) in [5.41, 5.74) is 4.21. The molecule has 0 saturated carbocycles. The summed E-state index contributed by atoms with van der Waals surface area (Å²) in [4.78, 5) is 63.2. The van der Waals surface area contributed by atoms with Crippen LogP contribution in [0.25, 0.3) is 11.1 Å². The molecule has 3 aromatic rings. The van der Waals surface area contributed by atoms with Crippen LogP contribution in [0.1, 0.15) is 71.6 Å². The Hall–Kier alpha value is -5.89. The first-order valence-corrected chi connectivity index (χ1v) is 18.5. The van der Waals surface area contributed by atoms with Gasteiger partial charge in [-0.3, -0.25) is 14.4 Å². The van der Waals surface area contributed by atoms with Crippen molar-refractivity contribution < 1.29 is 61.9 Å². The van der Waals surface area contributed by atoms with E-state index in [0.717, 1.165) is 55.7 Å². The van der Waals surface area contributed by atoms with Crippen molar-refractivity contribution in [3.8, 4) is 11.5 Å². The lowest BCUT2D eigenvalue weighted by molar-refractivity contribution is -0.282. The van der Waals surface area contributed by atoms with E-state index in [9.17, 15) is 24.0 Å². The minimum atomic E-state index is -1.59. The number of benzene rings is 3. The SMILES string of the molecule is CC/C(=C(/c1ccc(OCCN(C)C(=O)OC(C)(C)C)cc1)c1ccc(O[C@@H]2O[C@H](C(=O)OC)[C@@H](OC(C)=O)C(OC(C)=O)C2OC(C)=O)cc1)c1ccccc1. The molecule has 1 aliphatic heterocycles. The lowest BCUT2D eigenvalue weighted by Gasteiger charge is -2.43. The van der Waals surface area contributed by atoms with Crippen molar-refractivity contribution in [3.63, 3.8) is 0 Å². The molecule has 0 radical (unpaired) electrons. The van der Waals surface area contributed by atoms with Crippen molar-refractivity contribution in [3.05, 3.63) is 95.6 Å². The molecule has 0 aliphatic carbocycles. The molecule has 0 spiro atoms.